The molecule has 0 aliphatic heterocycles. The van der Waals surface area contributed by atoms with Crippen LogP contribution in [0.1, 0.15) is 26.3 Å². The van der Waals surface area contributed by atoms with E-state index in [0.717, 1.165) is 25.2 Å². The number of para-hydroxylation sites is 1. The zero-order chi connectivity index (χ0) is 12.9. The summed E-state index contributed by atoms with van der Waals surface area (Å²) in [6.45, 7) is 9.80. The number of nitrogens with two attached hydrogens (primary N) is 1. The third-order valence-corrected chi connectivity index (χ3v) is 3.04. The van der Waals surface area contributed by atoms with Gasteiger partial charge in [0.05, 0.1) is 0 Å². The van der Waals surface area contributed by atoms with E-state index in [1.165, 1.54) is 0 Å². The number of benzene rings is 1. The molecule has 0 aliphatic carbocycles. The van der Waals surface area contributed by atoms with Crippen LogP contribution in [0.15, 0.2) is 24.3 Å². The van der Waals surface area contributed by atoms with Crippen molar-refractivity contribution in [1.82, 2.24) is 4.90 Å². The van der Waals surface area contributed by atoms with Gasteiger partial charge in [0.1, 0.15) is 5.75 Å². The first-order valence-electron chi connectivity index (χ1n) is 6.18. The molecule has 17 heavy (non-hydrogen) atoms. The predicted molar refractivity (Wildman–Crippen MR) is 71.9 cm³/mol. The molecule has 3 nitrogen and oxygen atoms in total. The second-order valence-electron chi connectivity index (χ2n) is 5.30. The molecule has 3 N–H and O–H groups in total. The van der Waals surface area contributed by atoms with Crippen molar-refractivity contribution in [3.8, 4) is 5.75 Å². The fourth-order valence-electron chi connectivity index (χ4n) is 1.83. The maximum absolute atomic E-state index is 9.76. The Balaban J connectivity index is 2.68. The van der Waals surface area contributed by atoms with Crippen molar-refractivity contribution >= 4 is 0 Å². The Hall–Kier alpha value is -1.06. The smallest absolute Gasteiger partial charge is 0.120 e. The van der Waals surface area contributed by atoms with Crippen LogP contribution in [0.2, 0.25) is 0 Å². The van der Waals surface area contributed by atoms with E-state index in [1.54, 1.807) is 6.07 Å². The zero-order valence-corrected chi connectivity index (χ0v) is 11.1. The summed E-state index contributed by atoms with van der Waals surface area (Å²) in [6, 6.07) is 7.50. The van der Waals surface area contributed by atoms with Crippen LogP contribution >= 0.6 is 0 Å². The molecular formula is C14H24N2O. The van der Waals surface area contributed by atoms with E-state index in [4.69, 9.17) is 5.73 Å². The third-order valence-electron chi connectivity index (χ3n) is 3.04. The van der Waals surface area contributed by atoms with E-state index in [0.29, 0.717) is 12.3 Å². The number of aromatic hydroxyl groups is 1. The van der Waals surface area contributed by atoms with Crippen LogP contribution in [0.5, 0.6) is 5.75 Å². The van der Waals surface area contributed by atoms with Gasteiger partial charge in [-0.15, -0.1) is 0 Å². The molecule has 0 spiro atoms. The van der Waals surface area contributed by atoms with Crippen molar-refractivity contribution in [3.63, 3.8) is 0 Å². The normalized spacial score (nSPS) is 12.1. The maximum Gasteiger partial charge on any atom is 0.120 e. The maximum atomic E-state index is 9.76. The Morgan fingerprint density at radius 3 is 2.47 bits per heavy atom. The number of phenolic OH excluding ortho intramolecular Hbond substituents is 1. The number of rotatable bonds is 6. The average molecular weight is 236 g/mol. The van der Waals surface area contributed by atoms with Gasteiger partial charge in [0.2, 0.25) is 0 Å². The van der Waals surface area contributed by atoms with Crippen molar-refractivity contribution in [2.75, 3.05) is 19.6 Å². The highest BCUT2D eigenvalue weighted by molar-refractivity contribution is 5.31. The second-order valence-corrected chi connectivity index (χ2v) is 5.30. The van der Waals surface area contributed by atoms with Gasteiger partial charge in [-0.3, -0.25) is 4.90 Å². The van der Waals surface area contributed by atoms with Crippen molar-refractivity contribution in [3.05, 3.63) is 29.8 Å². The van der Waals surface area contributed by atoms with E-state index < -0.39 is 0 Å². The summed E-state index contributed by atoms with van der Waals surface area (Å²) in [5.74, 6) is 0.372. The van der Waals surface area contributed by atoms with Gasteiger partial charge in [-0.1, -0.05) is 39.0 Å². The summed E-state index contributed by atoms with van der Waals surface area (Å²) in [5, 5.41) is 9.76. The van der Waals surface area contributed by atoms with E-state index in [2.05, 4.69) is 25.7 Å². The molecule has 0 bridgehead atoms. The first kappa shape index (κ1) is 14.0. The first-order valence-corrected chi connectivity index (χ1v) is 6.18. The minimum Gasteiger partial charge on any atom is -0.508 e. The summed E-state index contributed by atoms with van der Waals surface area (Å²) < 4.78 is 0. The molecule has 0 fully saturated rings. The van der Waals surface area contributed by atoms with Gasteiger partial charge in [-0.2, -0.15) is 0 Å². The zero-order valence-electron chi connectivity index (χ0n) is 11.1. The van der Waals surface area contributed by atoms with Gasteiger partial charge in [-0.05, 0) is 24.6 Å². The van der Waals surface area contributed by atoms with Gasteiger partial charge < -0.3 is 10.8 Å². The fraction of sp³-hybridized carbons (Fsp3) is 0.571. The summed E-state index contributed by atoms with van der Waals surface area (Å²) in [6.07, 6.45) is 0. The highest BCUT2D eigenvalue weighted by Crippen LogP contribution is 2.21. The van der Waals surface area contributed by atoms with Crippen LogP contribution in [0.25, 0.3) is 0 Å². The molecule has 0 atom stereocenters. The highest BCUT2D eigenvalue weighted by Gasteiger charge is 2.19. The van der Waals surface area contributed by atoms with Gasteiger partial charge in [-0.25, -0.2) is 0 Å². The molecule has 0 radical (unpaired) electrons. The lowest BCUT2D eigenvalue weighted by atomic mass is 9.93. The van der Waals surface area contributed by atoms with Crippen molar-refractivity contribution in [1.29, 1.82) is 0 Å². The molecule has 96 valence electrons. The summed E-state index contributed by atoms with van der Waals surface area (Å²) in [4.78, 5) is 2.31. The topological polar surface area (TPSA) is 49.5 Å². The van der Waals surface area contributed by atoms with Gasteiger partial charge >= 0.3 is 0 Å². The molecule has 1 aromatic rings. The average Bonchev–Trinajstić information content (AvgIpc) is 2.31. The molecular weight excluding hydrogens is 212 g/mol. The van der Waals surface area contributed by atoms with E-state index in [-0.39, 0.29) is 5.41 Å². The summed E-state index contributed by atoms with van der Waals surface area (Å²) in [5.41, 5.74) is 6.84. The molecule has 0 aliphatic rings. The lowest BCUT2D eigenvalue weighted by molar-refractivity contribution is 0.182. The van der Waals surface area contributed by atoms with Crippen LogP contribution in [-0.2, 0) is 6.54 Å². The molecule has 3 heteroatoms. The van der Waals surface area contributed by atoms with E-state index in [9.17, 15) is 5.11 Å². The molecule has 0 aromatic heterocycles. The Kier molecular flexibility index (Phi) is 4.97. The lowest BCUT2D eigenvalue weighted by Gasteiger charge is -2.31. The molecule has 1 aromatic carbocycles. The number of hydrogen-bond acceptors (Lipinski definition) is 3. The number of hydrogen-bond donors (Lipinski definition) is 2. The minimum absolute atomic E-state index is 0.112. The van der Waals surface area contributed by atoms with Crippen LogP contribution in [0, 0.1) is 5.41 Å². The van der Waals surface area contributed by atoms with Crippen molar-refractivity contribution in [2.24, 2.45) is 11.1 Å². The Bertz CT molecular complexity index is 350. The van der Waals surface area contributed by atoms with Gasteiger partial charge in [0, 0.05) is 18.7 Å². The third kappa shape index (κ3) is 4.36. The number of nitrogens with zero attached hydrogens (tertiary/aromatic N) is 1. The molecule has 0 saturated heterocycles. The lowest BCUT2D eigenvalue weighted by Crippen LogP contribution is -2.38. The predicted octanol–water partition coefficient (Wildman–Crippen LogP) is 2.20. The van der Waals surface area contributed by atoms with E-state index >= 15 is 0 Å². The highest BCUT2D eigenvalue weighted by atomic mass is 16.3. The van der Waals surface area contributed by atoms with Gasteiger partial charge in [0.15, 0.2) is 0 Å². The second kappa shape index (κ2) is 6.03. The van der Waals surface area contributed by atoms with Crippen molar-refractivity contribution in [2.45, 2.75) is 27.3 Å². The SMILES string of the molecule is CCN(Cc1ccccc1O)CC(C)(C)CN. The summed E-state index contributed by atoms with van der Waals surface area (Å²) in [7, 11) is 0. The molecule has 0 saturated carbocycles. The Morgan fingerprint density at radius 1 is 1.29 bits per heavy atom. The minimum atomic E-state index is 0.112. The van der Waals surface area contributed by atoms with Gasteiger partial charge in [0.25, 0.3) is 0 Å². The largest absolute Gasteiger partial charge is 0.508 e. The van der Waals surface area contributed by atoms with Crippen LogP contribution in [-0.4, -0.2) is 29.6 Å². The Morgan fingerprint density at radius 2 is 1.94 bits per heavy atom. The fourth-order valence-corrected chi connectivity index (χ4v) is 1.83. The molecule has 0 heterocycles. The molecule has 0 amide bonds. The quantitative estimate of drug-likeness (QED) is 0.796. The Labute approximate surface area is 104 Å². The summed E-state index contributed by atoms with van der Waals surface area (Å²) >= 11 is 0. The monoisotopic (exact) mass is 236 g/mol. The molecule has 0 unspecified atom stereocenters. The molecule has 1 rings (SSSR count). The van der Waals surface area contributed by atoms with E-state index in [1.807, 2.05) is 18.2 Å². The first-order chi connectivity index (χ1) is 7.98. The standard InChI is InChI=1S/C14H24N2O/c1-4-16(11-14(2,3)10-15)9-12-7-5-6-8-13(12)17/h5-8,17H,4,9-11,15H2,1-3H3. The van der Waals surface area contributed by atoms with Crippen LogP contribution in [0.4, 0.5) is 0 Å². The van der Waals surface area contributed by atoms with Crippen LogP contribution in [0.3, 0.4) is 0 Å². The number of phenols is 1. The van der Waals surface area contributed by atoms with Crippen LogP contribution < -0.4 is 5.73 Å². The van der Waals surface area contributed by atoms with Crippen molar-refractivity contribution < 1.29 is 5.11 Å².